The highest BCUT2D eigenvalue weighted by molar-refractivity contribution is 6.35. The molecule has 0 atom stereocenters. The molecule has 1 aliphatic carbocycles. The van der Waals surface area contributed by atoms with Gasteiger partial charge in [-0.3, -0.25) is 0 Å². The van der Waals surface area contributed by atoms with E-state index in [1.54, 1.807) is 30.3 Å². The molecule has 0 saturated heterocycles. The van der Waals surface area contributed by atoms with Gasteiger partial charge in [-0.25, -0.2) is 0 Å². The molecule has 3 rings (SSSR count). The topological polar surface area (TPSA) is 47.6 Å². The van der Waals surface area contributed by atoms with Crippen molar-refractivity contribution in [2.75, 3.05) is 0 Å². The third-order valence-electron chi connectivity index (χ3n) is 4.15. The third-order valence-corrected chi connectivity index (χ3v) is 5.29. The van der Waals surface area contributed by atoms with Crippen LogP contribution in [0.1, 0.15) is 30.4 Å². The average Bonchev–Trinajstić information content (AvgIpc) is 2.52. The number of nitrogens with zero attached hydrogens (tertiary/aromatic N) is 2. The van der Waals surface area contributed by atoms with Crippen molar-refractivity contribution >= 4 is 46.4 Å². The summed E-state index contributed by atoms with van der Waals surface area (Å²) >= 11 is 23.3. The standard InChI is InChI=1S/C11H9Cl2N.C8H5Cl2N/c12-8-2-3-9(10(13)6-8)11(7-14)4-1-5-11;9-7-2-1-6(3-4-11)8(10)5-7/h2-3,6H,1,4-5H2;1-2,5H,3H2. The van der Waals surface area contributed by atoms with Gasteiger partial charge in [-0.1, -0.05) is 58.5 Å². The van der Waals surface area contributed by atoms with Gasteiger partial charge in [0.15, 0.2) is 0 Å². The first-order valence-corrected chi connectivity index (χ1v) is 9.11. The maximum atomic E-state index is 9.14. The summed E-state index contributed by atoms with van der Waals surface area (Å²) in [5.74, 6) is 0. The number of nitriles is 2. The van der Waals surface area contributed by atoms with Gasteiger partial charge in [-0.05, 0) is 54.7 Å². The minimum atomic E-state index is -0.346. The van der Waals surface area contributed by atoms with Crippen molar-refractivity contribution in [3.63, 3.8) is 0 Å². The van der Waals surface area contributed by atoms with Gasteiger partial charge in [-0.15, -0.1) is 0 Å². The first kappa shape index (κ1) is 19.9. The molecule has 1 aliphatic rings. The largest absolute Gasteiger partial charge is 0.198 e. The fourth-order valence-electron chi connectivity index (χ4n) is 2.60. The smallest absolute Gasteiger partial charge is 0.0836 e. The second-order valence-corrected chi connectivity index (χ2v) is 7.43. The normalized spacial score (nSPS) is 14.3. The fourth-order valence-corrected chi connectivity index (χ4v) is 3.66. The Bertz CT molecular complexity index is 845. The molecule has 128 valence electrons. The van der Waals surface area contributed by atoms with Gasteiger partial charge in [0.1, 0.15) is 0 Å². The van der Waals surface area contributed by atoms with Crippen molar-refractivity contribution in [1.29, 1.82) is 10.5 Å². The quantitative estimate of drug-likeness (QED) is 0.533. The number of benzene rings is 2. The maximum absolute atomic E-state index is 9.14. The second-order valence-electron chi connectivity index (χ2n) is 5.74. The van der Waals surface area contributed by atoms with Crippen LogP contribution >= 0.6 is 46.4 Å². The summed E-state index contributed by atoms with van der Waals surface area (Å²) in [6.45, 7) is 0. The van der Waals surface area contributed by atoms with E-state index >= 15 is 0 Å². The van der Waals surface area contributed by atoms with Gasteiger partial charge in [-0.2, -0.15) is 10.5 Å². The van der Waals surface area contributed by atoms with Crippen molar-refractivity contribution < 1.29 is 0 Å². The summed E-state index contributed by atoms with van der Waals surface area (Å²) in [4.78, 5) is 0. The molecular weight excluding hydrogens is 398 g/mol. The van der Waals surface area contributed by atoms with Gasteiger partial charge >= 0.3 is 0 Å². The molecule has 2 aromatic carbocycles. The SMILES string of the molecule is N#CC1(c2ccc(Cl)cc2Cl)CCC1.N#CCc1ccc(Cl)cc1Cl. The predicted molar refractivity (Wildman–Crippen MR) is 103 cm³/mol. The molecule has 0 aromatic heterocycles. The number of rotatable bonds is 2. The lowest BCUT2D eigenvalue weighted by atomic mass is 9.65. The van der Waals surface area contributed by atoms with Crippen molar-refractivity contribution in [2.24, 2.45) is 0 Å². The highest BCUT2D eigenvalue weighted by Gasteiger charge is 2.40. The Balaban J connectivity index is 0.000000186. The van der Waals surface area contributed by atoms with Crippen LogP contribution in [-0.2, 0) is 11.8 Å². The van der Waals surface area contributed by atoms with Crippen molar-refractivity contribution in [1.82, 2.24) is 0 Å². The zero-order chi connectivity index (χ0) is 18.4. The van der Waals surface area contributed by atoms with E-state index in [0.29, 0.717) is 26.5 Å². The second kappa shape index (κ2) is 8.79. The average molecular weight is 412 g/mol. The molecular formula is C19H14Cl4N2. The lowest BCUT2D eigenvalue weighted by Crippen LogP contribution is -2.32. The Hall–Kier alpha value is -1.42. The molecule has 0 amide bonds. The van der Waals surface area contributed by atoms with Crippen molar-refractivity contribution in [3.05, 3.63) is 67.6 Å². The highest BCUT2D eigenvalue weighted by atomic mass is 35.5. The zero-order valence-electron chi connectivity index (χ0n) is 13.2. The van der Waals surface area contributed by atoms with E-state index in [2.05, 4.69) is 6.07 Å². The van der Waals surface area contributed by atoms with Crippen LogP contribution in [0.15, 0.2) is 36.4 Å². The lowest BCUT2D eigenvalue weighted by molar-refractivity contribution is 0.324. The van der Waals surface area contributed by atoms with E-state index in [1.807, 2.05) is 12.1 Å². The van der Waals surface area contributed by atoms with Gasteiger partial charge in [0.2, 0.25) is 0 Å². The van der Waals surface area contributed by atoms with Crippen LogP contribution in [0.5, 0.6) is 0 Å². The Kier molecular flexibility index (Phi) is 7.00. The predicted octanol–water partition coefficient (Wildman–Crippen LogP) is 7.00. The first-order chi connectivity index (χ1) is 11.9. The van der Waals surface area contributed by atoms with E-state index in [0.717, 1.165) is 30.4 Å². The number of hydrogen-bond acceptors (Lipinski definition) is 2. The van der Waals surface area contributed by atoms with Crippen LogP contribution in [0.4, 0.5) is 0 Å². The van der Waals surface area contributed by atoms with E-state index < -0.39 is 0 Å². The van der Waals surface area contributed by atoms with E-state index in [9.17, 15) is 0 Å². The molecule has 0 heterocycles. The van der Waals surface area contributed by atoms with Gasteiger partial charge in [0.05, 0.1) is 24.0 Å². The Morgan fingerprint density at radius 3 is 1.92 bits per heavy atom. The Morgan fingerprint density at radius 1 is 0.880 bits per heavy atom. The molecule has 0 unspecified atom stereocenters. The number of halogens is 4. The van der Waals surface area contributed by atoms with Crippen LogP contribution < -0.4 is 0 Å². The lowest BCUT2D eigenvalue weighted by Gasteiger charge is -2.36. The molecule has 0 spiro atoms. The molecule has 0 aliphatic heterocycles. The van der Waals surface area contributed by atoms with Crippen LogP contribution in [0, 0.1) is 22.7 Å². The first-order valence-electron chi connectivity index (χ1n) is 7.59. The molecule has 2 aromatic rings. The molecule has 6 heteroatoms. The van der Waals surface area contributed by atoms with Gasteiger partial charge in [0.25, 0.3) is 0 Å². The summed E-state index contributed by atoms with van der Waals surface area (Å²) in [6, 6.07) is 14.9. The third kappa shape index (κ3) is 4.81. The minimum Gasteiger partial charge on any atom is -0.198 e. The molecule has 1 fully saturated rings. The van der Waals surface area contributed by atoms with E-state index in [4.69, 9.17) is 56.9 Å². The van der Waals surface area contributed by atoms with Gasteiger partial charge in [0, 0.05) is 20.1 Å². The monoisotopic (exact) mass is 410 g/mol. The van der Waals surface area contributed by atoms with Crippen LogP contribution in [-0.4, -0.2) is 0 Å². The molecule has 25 heavy (non-hydrogen) atoms. The molecule has 0 N–H and O–H groups in total. The molecule has 2 nitrogen and oxygen atoms in total. The summed E-state index contributed by atoms with van der Waals surface area (Å²) in [6.07, 6.45) is 3.25. The maximum Gasteiger partial charge on any atom is 0.0836 e. The van der Waals surface area contributed by atoms with Crippen molar-refractivity contribution in [2.45, 2.75) is 31.1 Å². The van der Waals surface area contributed by atoms with Gasteiger partial charge < -0.3 is 0 Å². The summed E-state index contributed by atoms with van der Waals surface area (Å²) in [7, 11) is 0. The fraction of sp³-hybridized carbons (Fsp3) is 0.263. The van der Waals surface area contributed by atoms with Crippen molar-refractivity contribution in [3.8, 4) is 12.1 Å². The summed E-state index contributed by atoms with van der Waals surface area (Å²) < 4.78 is 0. The highest BCUT2D eigenvalue weighted by Crippen LogP contribution is 2.46. The van der Waals surface area contributed by atoms with E-state index in [1.165, 1.54) is 0 Å². The van der Waals surface area contributed by atoms with E-state index in [-0.39, 0.29) is 5.41 Å². The van der Waals surface area contributed by atoms with Crippen LogP contribution in [0.3, 0.4) is 0 Å². The number of hydrogen-bond donors (Lipinski definition) is 0. The molecule has 0 bridgehead atoms. The minimum absolute atomic E-state index is 0.329. The summed E-state index contributed by atoms with van der Waals surface area (Å²) in [5, 5.41) is 19.9. The Labute approximate surface area is 167 Å². The van der Waals surface area contributed by atoms with Crippen LogP contribution in [0.2, 0.25) is 20.1 Å². The Morgan fingerprint density at radius 2 is 1.48 bits per heavy atom. The molecule has 1 saturated carbocycles. The zero-order valence-corrected chi connectivity index (χ0v) is 16.2. The summed E-state index contributed by atoms with van der Waals surface area (Å²) in [5.41, 5.74) is 1.40. The van der Waals surface area contributed by atoms with Crippen LogP contribution in [0.25, 0.3) is 0 Å². The molecule has 0 radical (unpaired) electrons.